The lowest BCUT2D eigenvalue weighted by Crippen LogP contribution is -2.17. The molecule has 0 heterocycles. The van der Waals surface area contributed by atoms with Crippen LogP contribution in [0.1, 0.15) is 18.0 Å². The first-order valence-electron chi connectivity index (χ1n) is 4.10. The van der Waals surface area contributed by atoms with E-state index in [-0.39, 0.29) is 5.02 Å². The average molecular weight is 242 g/mol. The van der Waals surface area contributed by atoms with Gasteiger partial charge in [0.25, 0.3) is 0 Å². The van der Waals surface area contributed by atoms with E-state index in [1.807, 2.05) is 0 Å². The standard InChI is InChI=1S/C9H8ClF4N/c10-4-1-5(11)9(6(12)2-4)7(15)3-8(13)14/h1-2,7-8H,3,15H2/t7-/m1/s1. The number of halogens is 5. The summed E-state index contributed by atoms with van der Waals surface area (Å²) in [6.45, 7) is 0. The lowest BCUT2D eigenvalue weighted by atomic mass is 10.0. The Hall–Kier alpha value is -0.810. The molecular formula is C9H8ClF4N. The van der Waals surface area contributed by atoms with E-state index in [9.17, 15) is 17.6 Å². The van der Waals surface area contributed by atoms with E-state index in [1.54, 1.807) is 0 Å². The Labute approximate surface area is 88.8 Å². The Balaban J connectivity index is 3.03. The molecule has 1 rings (SSSR count). The molecule has 0 saturated heterocycles. The van der Waals surface area contributed by atoms with Gasteiger partial charge in [0.1, 0.15) is 11.6 Å². The third-order valence-electron chi connectivity index (χ3n) is 1.85. The number of benzene rings is 1. The highest BCUT2D eigenvalue weighted by molar-refractivity contribution is 6.30. The topological polar surface area (TPSA) is 26.0 Å². The highest BCUT2D eigenvalue weighted by Gasteiger charge is 2.20. The van der Waals surface area contributed by atoms with Crippen molar-refractivity contribution in [3.8, 4) is 0 Å². The zero-order chi connectivity index (χ0) is 11.6. The van der Waals surface area contributed by atoms with Crippen LogP contribution in [-0.4, -0.2) is 6.43 Å². The van der Waals surface area contributed by atoms with Crippen molar-refractivity contribution in [1.29, 1.82) is 0 Å². The number of rotatable bonds is 3. The molecule has 1 atom stereocenters. The second-order valence-corrected chi connectivity index (χ2v) is 3.45. The van der Waals surface area contributed by atoms with Crippen molar-refractivity contribution in [2.75, 3.05) is 0 Å². The van der Waals surface area contributed by atoms with Crippen LogP contribution in [0.5, 0.6) is 0 Å². The highest BCUT2D eigenvalue weighted by atomic mass is 35.5. The van der Waals surface area contributed by atoms with Crippen LogP contribution in [0.15, 0.2) is 12.1 Å². The zero-order valence-electron chi connectivity index (χ0n) is 7.48. The van der Waals surface area contributed by atoms with Gasteiger partial charge in [-0.2, -0.15) is 0 Å². The average Bonchev–Trinajstić information content (AvgIpc) is 1.99. The molecule has 0 aliphatic heterocycles. The highest BCUT2D eigenvalue weighted by Crippen LogP contribution is 2.26. The molecule has 84 valence electrons. The maximum atomic E-state index is 13.2. The Kier molecular flexibility index (Phi) is 3.93. The first-order valence-corrected chi connectivity index (χ1v) is 4.47. The van der Waals surface area contributed by atoms with Crippen molar-refractivity contribution in [1.82, 2.24) is 0 Å². The third kappa shape index (κ3) is 3.07. The smallest absolute Gasteiger partial charge is 0.240 e. The summed E-state index contributed by atoms with van der Waals surface area (Å²) < 4.78 is 50.3. The minimum Gasteiger partial charge on any atom is -0.324 e. The summed E-state index contributed by atoms with van der Waals surface area (Å²) in [5, 5.41) is -0.141. The fourth-order valence-electron chi connectivity index (χ4n) is 1.22. The van der Waals surface area contributed by atoms with Gasteiger partial charge in [-0.1, -0.05) is 11.6 Å². The molecule has 0 fully saturated rings. The molecule has 1 nitrogen and oxygen atoms in total. The number of hydrogen-bond acceptors (Lipinski definition) is 1. The molecular weight excluding hydrogens is 234 g/mol. The number of hydrogen-bond donors (Lipinski definition) is 1. The molecule has 0 spiro atoms. The first kappa shape index (κ1) is 12.3. The largest absolute Gasteiger partial charge is 0.324 e. The van der Waals surface area contributed by atoms with E-state index in [2.05, 4.69) is 0 Å². The Morgan fingerprint density at radius 2 is 1.67 bits per heavy atom. The van der Waals surface area contributed by atoms with Gasteiger partial charge in [0, 0.05) is 23.0 Å². The summed E-state index contributed by atoms with van der Waals surface area (Å²) in [6, 6.07) is 0.304. The van der Waals surface area contributed by atoms with Gasteiger partial charge in [-0.05, 0) is 12.1 Å². The number of nitrogens with two attached hydrogens (primary N) is 1. The fourth-order valence-corrected chi connectivity index (χ4v) is 1.41. The van der Waals surface area contributed by atoms with Gasteiger partial charge in [0.05, 0.1) is 0 Å². The normalized spacial score (nSPS) is 13.3. The first-order chi connectivity index (χ1) is 6.91. The van der Waals surface area contributed by atoms with Crippen molar-refractivity contribution in [2.45, 2.75) is 18.9 Å². The molecule has 6 heteroatoms. The van der Waals surface area contributed by atoms with Gasteiger partial charge in [-0.25, -0.2) is 17.6 Å². The summed E-state index contributed by atoms with van der Waals surface area (Å²) in [6.07, 6.45) is -3.51. The van der Waals surface area contributed by atoms with Gasteiger partial charge in [-0.3, -0.25) is 0 Å². The fraction of sp³-hybridized carbons (Fsp3) is 0.333. The summed E-state index contributed by atoms with van der Waals surface area (Å²) >= 11 is 5.36. The SMILES string of the molecule is N[C@H](CC(F)F)c1c(F)cc(Cl)cc1F. The molecule has 2 N–H and O–H groups in total. The Morgan fingerprint density at radius 1 is 1.20 bits per heavy atom. The lowest BCUT2D eigenvalue weighted by Gasteiger charge is -2.13. The van der Waals surface area contributed by atoms with Crippen LogP contribution in [0.2, 0.25) is 5.02 Å². The second kappa shape index (κ2) is 4.81. The van der Waals surface area contributed by atoms with E-state index in [4.69, 9.17) is 17.3 Å². The molecule has 0 aliphatic rings. The van der Waals surface area contributed by atoms with Crippen LogP contribution in [0, 0.1) is 11.6 Å². The van der Waals surface area contributed by atoms with Crippen molar-refractivity contribution in [2.24, 2.45) is 5.73 Å². The predicted molar refractivity (Wildman–Crippen MR) is 48.9 cm³/mol. The van der Waals surface area contributed by atoms with Crippen LogP contribution in [0.3, 0.4) is 0 Å². The van der Waals surface area contributed by atoms with Gasteiger partial charge in [0.15, 0.2) is 0 Å². The number of alkyl halides is 2. The Morgan fingerprint density at radius 3 is 2.07 bits per heavy atom. The van der Waals surface area contributed by atoms with E-state index in [0.29, 0.717) is 0 Å². The maximum absolute atomic E-state index is 13.2. The van der Waals surface area contributed by atoms with Crippen molar-refractivity contribution in [3.63, 3.8) is 0 Å². The Bertz CT molecular complexity index is 333. The van der Waals surface area contributed by atoms with Gasteiger partial charge < -0.3 is 5.73 Å². The van der Waals surface area contributed by atoms with Crippen LogP contribution in [-0.2, 0) is 0 Å². The van der Waals surface area contributed by atoms with Gasteiger partial charge in [-0.15, -0.1) is 0 Å². The maximum Gasteiger partial charge on any atom is 0.240 e. The van der Waals surface area contributed by atoms with E-state index < -0.39 is 36.1 Å². The van der Waals surface area contributed by atoms with Gasteiger partial charge in [0.2, 0.25) is 6.43 Å². The molecule has 0 aliphatic carbocycles. The summed E-state index contributed by atoms with van der Waals surface area (Å²) in [7, 11) is 0. The van der Waals surface area contributed by atoms with Crippen LogP contribution >= 0.6 is 11.6 Å². The van der Waals surface area contributed by atoms with E-state index in [1.165, 1.54) is 0 Å². The predicted octanol–water partition coefficient (Wildman–Crippen LogP) is 3.27. The van der Waals surface area contributed by atoms with E-state index >= 15 is 0 Å². The third-order valence-corrected chi connectivity index (χ3v) is 2.06. The molecule has 15 heavy (non-hydrogen) atoms. The molecule has 0 amide bonds. The minimum atomic E-state index is -2.71. The quantitative estimate of drug-likeness (QED) is 0.808. The van der Waals surface area contributed by atoms with Crippen molar-refractivity contribution < 1.29 is 17.6 Å². The van der Waals surface area contributed by atoms with Crippen molar-refractivity contribution >= 4 is 11.6 Å². The van der Waals surface area contributed by atoms with E-state index in [0.717, 1.165) is 12.1 Å². The summed E-state index contributed by atoms with van der Waals surface area (Å²) in [4.78, 5) is 0. The summed E-state index contributed by atoms with van der Waals surface area (Å²) in [5.74, 6) is -2.01. The monoisotopic (exact) mass is 241 g/mol. The summed E-state index contributed by atoms with van der Waals surface area (Å²) in [5.41, 5.74) is 4.69. The van der Waals surface area contributed by atoms with Crippen LogP contribution in [0.25, 0.3) is 0 Å². The second-order valence-electron chi connectivity index (χ2n) is 3.02. The lowest BCUT2D eigenvalue weighted by molar-refractivity contribution is 0.127. The molecule has 0 radical (unpaired) electrons. The van der Waals surface area contributed by atoms with Crippen molar-refractivity contribution in [3.05, 3.63) is 34.4 Å². The van der Waals surface area contributed by atoms with Gasteiger partial charge >= 0.3 is 0 Å². The molecule has 0 aromatic heterocycles. The minimum absolute atomic E-state index is 0.141. The molecule has 1 aromatic carbocycles. The van der Waals surface area contributed by atoms with Crippen LogP contribution in [0.4, 0.5) is 17.6 Å². The molecule has 1 aromatic rings. The molecule has 0 bridgehead atoms. The zero-order valence-corrected chi connectivity index (χ0v) is 8.24. The molecule has 0 unspecified atom stereocenters. The van der Waals surface area contributed by atoms with Crippen LogP contribution < -0.4 is 5.73 Å². The molecule has 0 saturated carbocycles.